The Labute approximate surface area is 109 Å². The molecule has 0 aliphatic rings. The molecule has 0 radical (unpaired) electrons. The molecule has 1 rings (SSSR count). The van der Waals surface area contributed by atoms with Gasteiger partial charge in [-0.05, 0) is 12.8 Å². The molecule has 0 spiro atoms. The Balaban J connectivity index is 2.20. The molecule has 5 heteroatoms. The molecule has 102 valence electrons. The number of hydrogen-bond acceptors (Lipinski definition) is 5. The maximum Gasteiger partial charge on any atom is 0.225 e. The first-order chi connectivity index (χ1) is 8.86. The largest absolute Gasteiger partial charge is 0.475 e. The molecular weight excluding hydrogens is 230 g/mol. The predicted octanol–water partition coefficient (Wildman–Crippen LogP) is 2.49. The second-order valence-electron chi connectivity index (χ2n) is 3.96. The average Bonchev–Trinajstić information content (AvgIpc) is 2.41. The van der Waals surface area contributed by atoms with Gasteiger partial charge in [-0.3, -0.25) is 0 Å². The van der Waals surface area contributed by atoms with E-state index in [1.165, 1.54) is 0 Å². The highest BCUT2D eigenvalue weighted by atomic mass is 16.5. The van der Waals surface area contributed by atoms with E-state index in [1.807, 2.05) is 0 Å². The highest BCUT2D eigenvalue weighted by molar-refractivity contribution is 5.27. The summed E-state index contributed by atoms with van der Waals surface area (Å²) in [5.41, 5.74) is 0. The topological polar surface area (TPSA) is 56.3 Å². The fraction of sp³-hybridized carbons (Fsp3) is 0.692. The second-order valence-corrected chi connectivity index (χ2v) is 3.96. The maximum absolute atomic E-state index is 5.49. The number of nitrogens with one attached hydrogen (secondary N) is 1. The van der Waals surface area contributed by atoms with Crippen molar-refractivity contribution in [2.75, 3.05) is 31.7 Å². The Morgan fingerprint density at radius 3 is 2.83 bits per heavy atom. The number of aromatic nitrogens is 2. The molecule has 1 heterocycles. The third kappa shape index (κ3) is 6.39. The quantitative estimate of drug-likeness (QED) is 0.649. The van der Waals surface area contributed by atoms with Crippen LogP contribution in [-0.4, -0.2) is 36.3 Å². The number of rotatable bonds is 10. The third-order valence-corrected chi connectivity index (χ3v) is 2.28. The van der Waals surface area contributed by atoms with Gasteiger partial charge in [0.2, 0.25) is 11.8 Å². The summed E-state index contributed by atoms with van der Waals surface area (Å²) in [6.45, 7) is 7.03. The van der Waals surface area contributed by atoms with Gasteiger partial charge in [-0.1, -0.05) is 20.3 Å². The Hall–Kier alpha value is -1.36. The molecule has 5 nitrogen and oxygen atoms in total. The lowest BCUT2D eigenvalue weighted by Gasteiger charge is -2.07. The zero-order valence-electron chi connectivity index (χ0n) is 11.3. The van der Waals surface area contributed by atoms with Crippen LogP contribution in [0.2, 0.25) is 0 Å². The summed E-state index contributed by atoms with van der Waals surface area (Å²) in [7, 11) is 0. The monoisotopic (exact) mass is 253 g/mol. The molecule has 0 bridgehead atoms. The molecule has 0 aliphatic heterocycles. The smallest absolute Gasteiger partial charge is 0.225 e. The summed E-state index contributed by atoms with van der Waals surface area (Å²) in [6.07, 6.45) is 4.98. The molecular formula is C13H23N3O2. The number of nitrogens with zero attached hydrogens (tertiary/aromatic N) is 2. The van der Waals surface area contributed by atoms with E-state index in [1.54, 1.807) is 12.3 Å². The van der Waals surface area contributed by atoms with Crippen molar-refractivity contribution in [2.24, 2.45) is 0 Å². The lowest BCUT2D eigenvalue weighted by Crippen LogP contribution is -2.10. The Morgan fingerprint density at radius 2 is 2.06 bits per heavy atom. The van der Waals surface area contributed by atoms with Crippen molar-refractivity contribution < 1.29 is 9.47 Å². The van der Waals surface area contributed by atoms with Crippen molar-refractivity contribution in [3.63, 3.8) is 0 Å². The minimum atomic E-state index is 0.522. The van der Waals surface area contributed by atoms with E-state index in [4.69, 9.17) is 9.47 Å². The SMILES string of the molecule is CCCCOCCOc1ccnc(NCCC)n1. The van der Waals surface area contributed by atoms with Gasteiger partial charge in [0.05, 0.1) is 6.61 Å². The van der Waals surface area contributed by atoms with Gasteiger partial charge in [0.25, 0.3) is 0 Å². The summed E-state index contributed by atoms with van der Waals surface area (Å²) >= 11 is 0. The molecule has 0 aromatic carbocycles. The highest BCUT2D eigenvalue weighted by Gasteiger charge is 1.99. The van der Waals surface area contributed by atoms with Crippen LogP contribution in [-0.2, 0) is 4.74 Å². The zero-order chi connectivity index (χ0) is 13.1. The lowest BCUT2D eigenvalue weighted by atomic mass is 10.4. The predicted molar refractivity (Wildman–Crippen MR) is 72.0 cm³/mol. The van der Waals surface area contributed by atoms with E-state index in [9.17, 15) is 0 Å². The van der Waals surface area contributed by atoms with Crippen LogP contribution in [0.3, 0.4) is 0 Å². The first-order valence-electron chi connectivity index (χ1n) is 6.64. The molecule has 1 aromatic heterocycles. The fourth-order valence-electron chi connectivity index (χ4n) is 1.30. The first kappa shape index (κ1) is 14.7. The van der Waals surface area contributed by atoms with Crippen molar-refractivity contribution in [3.05, 3.63) is 12.3 Å². The standard InChI is InChI=1S/C13H23N3O2/c1-3-5-9-17-10-11-18-12-6-8-15-13(16-12)14-7-4-2/h6,8H,3-5,7,9-11H2,1-2H3,(H,14,15,16). The molecule has 1 N–H and O–H groups in total. The van der Waals surface area contributed by atoms with Gasteiger partial charge >= 0.3 is 0 Å². The van der Waals surface area contributed by atoms with Crippen LogP contribution in [0.5, 0.6) is 5.88 Å². The van der Waals surface area contributed by atoms with Gasteiger partial charge < -0.3 is 14.8 Å². The fourth-order valence-corrected chi connectivity index (χ4v) is 1.30. The van der Waals surface area contributed by atoms with E-state index in [-0.39, 0.29) is 0 Å². The van der Waals surface area contributed by atoms with E-state index < -0.39 is 0 Å². The van der Waals surface area contributed by atoms with Crippen molar-refractivity contribution in [2.45, 2.75) is 33.1 Å². The van der Waals surface area contributed by atoms with Gasteiger partial charge in [-0.15, -0.1) is 0 Å². The lowest BCUT2D eigenvalue weighted by molar-refractivity contribution is 0.0965. The molecule has 0 saturated carbocycles. The molecule has 0 fully saturated rings. The van der Waals surface area contributed by atoms with Crippen LogP contribution in [0.4, 0.5) is 5.95 Å². The molecule has 0 atom stereocenters. The number of hydrogen-bond donors (Lipinski definition) is 1. The summed E-state index contributed by atoms with van der Waals surface area (Å²) in [5.74, 6) is 1.20. The van der Waals surface area contributed by atoms with Crippen LogP contribution in [0.25, 0.3) is 0 Å². The summed E-state index contributed by atoms with van der Waals surface area (Å²) in [5, 5.41) is 3.12. The minimum absolute atomic E-state index is 0.522. The molecule has 0 unspecified atom stereocenters. The highest BCUT2D eigenvalue weighted by Crippen LogP contribution is 2.08. The molecule has 0 amide bonds. The van der Waals surface area contributed by atoms with Crippen LogP contribution in [0.1, 0.15) is 33.1 Å². The average molecular weight is 253 g/mol. The van der Waals surface area contributed by atoms with Crippen molar-refractivity contribution >= 4 is 5.95 Å². The Morgan fingerprint density at radius 1 is 1.17 bits per heavy atom. The van der Waals surface area contributed by atoms with Crippen molar-refractivity contribution in [1.82, 2.24) is 9.97 Å². The maximum atomic E-state index is 5.49. The van der Waals surface area contributed by atoms with Gasteiger partial charge in [0, 0.05) is 25.4 Å². The second kappa shape index (κ2) is 9.65. The molecule has 18 heavy (non-hydrogen) atoms. The normalized spacial score (nSPS) is 10.3. The van der Waals surface area contributed by atoms with E-state index in [0.717, 1.165) is 32.4 Å². The van der Waals surface area contributed by atoms with E-state index in [0.29, 0.717) is 25.0 Å². The zero-order valence-corrected chi connectivity index (χ0v) is 11.3. The molecule has 1 aromatic rings. The van der Waals surface area contributed by atoms with E-state index in [2.05, 4.69) is 29.1 Å². The van der Waals surface area contributed by atoms with E-state index >= 15 is 0 Å². The molecule has 0 aliphatic carbocycles. The van der Waals surface area contributed by atoms with Gasteiger partial charge in [-0.25, -0.2) is 4.98 Å². The summed E-state index contributed by atoms with van der Waals surface area (Å²) < 4.78 is 10.9. The number of anilines is 1. The van der Waals surface area contributed by atoms with Crippen molar-refractivity contribution in [3.8, 4) is 5.88 Å². The number of ether oxygens (including phenoxy) is 2. The molecule has 0 saturated heterocycles. The van der Waals surface area contributed by atoms with Crippen LogP contribution in [0.15, 0.2) is 12.3 Å². The third-order valence-electron chi connectivity index (χ3n) is 2.28. The van der Waals surface area contributed by atoms with Crippen LogP contribution >= 0.6 is 0 Å². The van der Waals surface area contributed by atoms with Gasteiger partial charge in [-0.2, -0.15) is 4.98 Å². The van der Waals surface area contributed by atoms with Gasteiger partial charge in [0.15, 0.2) is 0 Å². The van der Waals surface area contributed by atoms with Crippen LogP contribution < -0.4 is 10.1 Å². The number of unbranched alkanes of at least 4 members (excludes halogenated alkanes) is 1. The summed E-state index contributed by atoms with van der Waals surface area (Å²) in [6, 6.07) is 1.75. The first-order valence-corrected chi connectivity index (χ1v) is 6.64. The van der Waals surface area contributed by atoms with Crippen LogP contribution in [0, 0.1) is 0 Å². The Kier molecular flexibility index (Phi) is 7.88. The van der Waals surface area contributed by atoms with Gasteiger partial charge in [0.1, 0.15) is 6.61 Å². The van der Waals surface area contributed by atoms with Crippen molar-refractivity contribution in [1.29, 1.82) is 0 Å². The Bertz CT molecular complexity index is 321. The minimum Gasteiger partial charge on any atom is -0.475 e. The summed E-state index contributed by atoms with van der Waals surface area (Å²) in [4.78, 5) is 8.36.